The van der Waals surface area contributed by atoms with E-state index in [9.17, 15) is 9.59 Å². The van der Waals surface area contributed by atoms with E-state index in [4.69, 9.17) is 4.74 Å². The van der Waals surface area contributed by atoms with Gasteiger partial charge in [-0.05, 0) is 38.8 Å². The molecular weight excluding hydrogens is 332 g/mol. The van der Waals surface area contributed by atoms with E-state index in [0.29, 0.717) is 18.8 Å². The highest BCUT2D eigenvalue weighted by atomic mass is 16.5. The monoisotopic (exact) mass is 358 g/mol. The molecule has 0 N–H and O–H groups in total. The lowest BCUT2D eigenvalue weighted by Crippen LogP contribution is -2.41. The molecule has 1 saturated heterocycles. The Morgan fingerprint density at radius 2 is 1.88 bits per heavy atom. The van der Waals surface area contributed by atoms with Crippen LogP contribution in [0.25, 0.3) is 0 Å². The Labute approximate surface area is 153 Å². The Hall–Kier alpha value is -2.57. The van der Waals surface area contributed by atoms with Gasteiger partial charge < -0.3 is 9.64 Å². The van der Waals surface area contributed by atoms with E-state index >= 15 is 0 Å². The van der Waals surface area contributed by atoms with Crippen LogP contribution in [-0.4, -0.2) is 44.9 Å². The molecule has 1 aromatic heterocycles. The number of para-hydroxylation sites is 1. The fourth-order valence-corrected chi connectivity index (χ4v) is 3.40. The molecule has 0 unspecified atom stereocenters. The largest absolute Gasteiger partial charge is 0.484 e. The van der Waals surface area contributed by atoms with E-state index in [1.807, 2.05) is 49.1 Å². The maximum atomic E-state index is 12.4. The number of rotatable bonds is 5. The van der Waals surface area contributed by atoms with Gasteiger partial charge in [0.15, 0.2) is 6.61 Å². The first-order valence-electron chi connectivity index (χ1n) is 9.08. The van der Waals surface area contributed by atoms with Gasteiger partial charge in [0, 0.05) is 32.1 Å². The molecule has 0 saturated carbocycles. The molecule has 1 aliphatic heterocycles. The lowest BCUT2D eigenvalue weighted by molar-refractivity contribution is -0.134. The first-order chi connectivity index (χ1) is 12.5. The first-order valence-corrected chi connectivity index (χ1v) is 9.08. The van der Waals surface area contributed by atoms with Crippen molar-refractivity contribution in [2.24, 2.45) is 7.05 Å². The maximum absolute atomic E-state index is 12.4. The molecule has 0 spiro atoms. The number of aryl methyl sites for hydroxylation is 1. The topological polar surface area (TPSA) is 69.4 Å². The predicted molar refractivity (Wildman–Crippen MR) is 98.3 cm³/mol. The molecule has 26 heavy (non-hydrogen) atoms. The SMILES string of the molecule is CC(C)n1c(C2CCN(C(=O)COc3ccccc3)CC2)nn(C)c1=O. The second-order valence-electron chi connectivity index (χ2n) is 6.98. The normalized spacial score (nSPS) is 15.5. The number of carbonyl (C=O) groups is 1. The standard InChI is InChI=1S/C19H26N4O3/c1-14(2)23-18(20-21(3)19(23)25)15-9-11-22(12-10-15)17(24)13-26-16-7-5-4-6-8-16/h4-8,14-15H,9-13H2,1-3H3. The number of carbonyl (C=O) groups excluding carboxylic acids is 1. The summed E-state index contributed by atoms with van der Waals surface area (Å²) in [7, 11) is 1.68. The summed E-state index contributed by atoms with van der Waals surface area (Å²) in [6, 6.07) is 9.43. The van der Waals surface area contributed by atoms with Crippen molar-refractivity contribution >= 4 is 5.91 Å². The highest BCUT2D eigenvalue weighted by Gasteiger charge is 2.29. The number of amides is 1. The molecule has 0 atom stereocenters. The lowest BCUT2D eigenvalue weighted by Gasteiger charge is -2.31. The number of benzene rings is 1. The average Bonchev–Trinajstić information content (AvgIpc) is 2.96. The molecule has 7 nitrogen and oxygen atoms in total. The van der Waals surface area contributed by atoms with Gasteiger partial charge in [-0.1, -0.05) is 18.2 Å². The third kappa shape index (κ3) is 3.81. The zero-order valence-corrected chi connectivity index (χ0v) is 15.6. The summed E-state index contributed by atoms with van der Waals surface area (Å²) >= 11 is 0. The molecule has 140 valence electrons. The number of hydrogen-bond acceptors (Lipinski definition) is 4. The number of nitrogens with zero attached hydrogens (tertiary/aromatic N) is 4. The molecule has 2 heterocycles. The highest BCUT2D eigenvalue weighted by Crippen LogP contribution is 2.27. The van der Waals surface area contributed by atoms with Crippen LogP contribution in [0, 0.1) is 0 Å². The van der Waals surface area contributed by atoms with E-state index < -0.39 is 0 Å². The highest BCUT2D eigenvalue weighted by molar-refractivity contribution is 5.77. The minimum atomic E-state index is -0.0789. The summed E-state index contributed by atoms with van der Waals surface area (Å²) in [5.41, 5.74) is -0.0789. The van der Waals surface area contributed by atoms with Crippen LogP contribution < -0.4 is 10.4 Å². The summed E-state index contributed by atoms with van der Waals surface area (Å²) in [5.74, 6) is 1.73. The minimum absolute atomic E-state index is 0.00502. The Morgan fingerprint density at radius 1 is 1.23 bits per heavy atom. The van der Waals surface area contributed by atoms with Gasteiger partial charge in [-0.2, -0.15) is 5.10 Å². The van der Waals surface area contributed by atoms with Crippen LogP contribution in [0.4, 0.5) is 0 Å². The molecular formula is C19H26N4O3. The van der Waals surface area contributed by atoms with E-state index in [2.05, 4.69) is 5.10 Å². The molecule has 1 fully saturated rings. The molecule has 1 amide bonds. The van der Waals surface area contributed by atoms with E-state index in [0.717, 1.165) is 18.7 Å². The third-order valence-corrected chi connectivity index (χ3v) is 4.82. The van der Waals surface area contributed by atoms with E-state index in [-0.39, 0.29) is 30.2 Å². The van der Waals surface area contributed by atoms with E-state index in [1.54, 1.807) is 11.6 Å². The maximum Gasteiger partial charge on any atom is 0.345 e. The summed E-state index contributed by atoms with van der Waals surface area (Å²) in [6.07, 6.45) is 1.61. The van der Waals surface area contributed by atoms with Gasteiger partial charge in [0.25, 0.3) is 5.91 Å². The number of hydrogen-bond donors (Lipinski definition) is 0. The molecule has 1 aliphatic rings. The molecule has 3 rings (SSSR count). The van der Waals surface area contributed by atoms with Gasteiger partial charge in [-0.25, -0.2) is 9.48 Å². The van der Waals surface area contributed by atoms with Crippen molar-refractivity contribution in [3.8, 4) is 5.75 Å². The van der Waals surface area contributed by atoms with Crippen molar-refractivity contribution in [1.29, 1.82) is 0 Å². The Balaban J connectivity index is 1.58. The van der Waals surface area contributed by atoms with Crippen LogP contribution in [-0.2, 0) is 11.8 Å². The van der Waals surface area contributed by atoms with Gasteiger partial charge in [-0.3, -0.25) is 9.36 Å². The van der Waals surface area contributed by atoms with Crippen molar-refractivity contribution < 1.29 is 9.53 Å². The Bertz CT molecular complexity index is 802. The summed E-state index contributed by atoms with van der Waals surface area (Å²) in [5, 5.41) is 4.44. The molecule has 0 aliphatic carbocycles. The van der Waals surface area contributed by atoms with E-state index in [1.165, 1.54) is 4.68 Å². The fraction of sp³-hybridized carbons (Fsp3) is 0.526. The van der Waals surface area contributed by atoms with Crippen LogP contribution >= 0.6 is 0 Å². The second kappa shape index (κ2) is 7.76. The molecule has 2 aromatic rings. The quantitative estimate of drug-likeness (QED) is 0.819. The Morgan fingerprint density at radius 3 is 2.50 bits per heavy atom. The van der Waals surface area contributed by atoms with Crippen molar-refractivity contribution in [1.82, 2.24) is 19.2 Å². The molecule has 0 radical (unpaired) electrons. The molecule has 1 aromatic carbocycles. The van der Waals surface area contributed by atoms with Gasteiger partial charge in [-0.15, -0.1) is 0 Å². The van der Waals surface area contributed by atoms with Crippen LogP contribution in [0.15, 0.2) is 35.1 Å². The zero-order valence-electron chi connectivity index (χ0n) is 15.6. The summed E-state index contributed by atoms with van der Waals surface area (Å²) < 4.78 is 8.72. The minimum Gasteiger partial charge on any atom is -0.484 e. The van der Waals surface area contributed by atoms with Gasteiger partial charge in [0.05, 0.1) is 0 Å². The van der Waals surface area contributed by atoms with Crippen LogP contribution in [0.2, 0.25) is 0 Å². The van der Waals surface area contributed by atoms with Crippen molar-refractivity contribution in [3.05, 3.63) is 46.6 Å². The summed E-state index contributed by atoms with van der Waals surface area (Å²) in [4.78, 5) is 26.5. The van der Waals surface area contributed by atoms with Crippen LogP contribution in [0.1, 0.15) is 44.5 Å². The van der Waals surface area contributed by atoms with Crippen molar-refractivity contribution in [2.75, 3.05) is 19.7 Å². The van der Waals surface area contributed by atoms with Crippen molar-refractivity contribution in [3.63, 3.8) is 0 Å². The second-order valence-corrected chi connectivity index (χ2v) is 6.98. The average molecular weight is 358 g/mol. The first kappa shape index (κ1) is 18.2. The Kier molecular flexibility index (Phi) is 5.44. The third-order valence-electron chi connectivity index (χ3n) is 4.82. The number of likely N-dealkylation sites (tertiary alicyclic amines) is 1. The van der Waals surface area contributed by atoms with Crippen LogP contribution in [0.3, 0.4) is 0 Å². The molecule has 0 bridgehead atoms. The number of ether oxygens (including phenoxy) is 1. The number of aromatic nitrogens is 3. The van der Waals surface area contributed by atoms with Gasteiger partial charge in [0.1, 0.15) is 11.6 Å². The number of piperidine rings is 1. The predicted octanol–water partition coefficient (Wildman–Crippen LogP) is 1.95. The lowest BCUT2D eigenvalue weighted by atomic mass is 9.95. The van der Waals surface area contributed by atoms with Gasteiger partial charge in [0.2, 0.25) is 0 Å². The van der Waals surface area contributed by atoms with Crippen molar-refractivity contribution in [2.45, 2.75) is 38.6 Å². The van der Waals surface area contributed by atoms with Crippen LogP contribution in [0.5, 0.6) is 5.75 Å². The smallest absolute Gasteiger partial charge is 0.345 e. The molecule has 7 heteroatoms. The zero-order chi connectivity index (χ0) is 18.7. The fourth-order valence-electron chi connectivity index (χ4n) is 3.40. The van der Waals surface area contributed by atoms with Gasteiger partial charge >= 0.3 is 5.69 Å². The summed E-state index contributed by atoms with van der Waals surface area (Å²) in [6.45, 7) is 5.35.